The van der Waals surface area contributed by atoms with Gasteiger partial charge >= 0.3 is 0 Å². The largest absolute Gasteiger partial charge is 0.347 e. The molecule has 3 aromatic heterocycles. The Balaban J connectivity index is 1.55. The molecule has 0 saturated carbocycles. The maximum absolute atomic E-state index is 12.0. The van der Waals surface area contributed by atoms with Crippen LogP contribution in [0.1, 0.15) is 29.3 Å². The maximum atomic E-state index is 12.0. The number of aromatic nitrogens is 5. The molecular formula is C16H18N6O3. The van der Waals surface area contributed by atoms with Crippen LogP contribution in [0.2, 0.25) is 0 Å². The SMILES string of the molecule is Cc1n[nH]c(C)c1CCC(=O)NCc1nc(-c2ccc[nH]c2=O)no1. The van der Waals surface area contributed by atoms with Crippen molar-refractivity contribution >= 4 is 5.91 Å². The van der Waals surface area contributed by atoms with Crippen LogP contribution in [0.5, 0.6) is 0 Å². The van der Waals surface area contributed by atoms with Gasteiger partial charge < -0.3 is 14.8 Å². The molecule has 0 aliphatic carbocycles. The van der Waals surface area contributed by atoms with Crippen LogP contribution >= 0.6 is 0 Å². The summed E-state index contributed by atoms with van der Waals surface area (Å²) in [5, 5.41) is 13.5. The van der Waals surface area contributed by atoms with Crippen molar-refractivity contribution in [1.29, 1.82) is 0 Å². The molecule has 0 fully saturated rings. The Hall–Kier alpha value is -3.23. The van der Waals surface area contributed by atoms with Crippen LogP contribution in [-0.4, -0.2) is 31.2 Å². The molecule has 9 nitrogen and oxygen atoms in total. The van der Waals surface area contributed by atoms with E-state index >= 15 is 0 Å². The van der Waals surface area contributed by atoms with E-state index in [1.54, 1.807) is 12.1 Å². The summed E-state index contributed by atoms with van der Waals surface area (Å²) in [5.74, 6) is 0.301. The average Bonchev–Trinajstić information content (AvgIpc) is 3.19. The van der Waals surface area contributed by atoms with Gasteiger partial charge in [-0.1, -0.05) is 5.16 Å². The van der Waals surface area contributed by atoms with E-state index < -0.39 is 0 Å². The number of H-pyrrole nitrogens is 2. The molecule has 3 aromatic rings. The standard InChI is InChI=1S/C16H18N6O3/c1-9-11(10(2)21-20-9)5-6-13(23)18-8-14-19-15(22-25-14)12-4-3-7-17-16(12)24/h3-4,7H,5-6,8H2,1-2H3,(H,17,24)(H,18,23)(H,20,21). The van der Waals surface area contributed by atoms with Gasteiger partial charge in [-0.05, 0) is 38.0 Å². The fraction of sp³-hybridized carbons (Fsp3) is 0.312. The number of aromatic amines is 2. The van der Waals surface area contributed by atoms with E-state index in [9.17, 15) is 9.59 Å². The molecule has 0 aliphatic rings. The molecule has 9 heteroatoms. The third-order valence-corrected chi connectivity index (χ3v) is 3.85. The first-order valence-electron chi connectivity index (χ1n) is 7.82. The molecule has 0 bridgehead atoms. The van der Waals surface area contributed by atoms with E-state index in [0.29, 0.717) is 18.4 Å². The Bertz CT molecular complexity index is 920. The molecule has 0 spiro atoms. The average molecular weight is 342 g/mol. The minimum atomic E-state index is -0.301. The van der Waals surface area contributed by atoms with E-state index in [-0.39, 0.29) is 29.7 Å². The Morgan fingerprint density at radius 1 is 1.36 bits per heavy atom. The zero-order chi connectivity index (χ0) is 17.8. The summed E-state index contributed by atoms with van der Waals surface area (Å²) in [6.07, 6.45) is 2.46. The molecule has 0 unspecified atom stereocenters. The molecule has 3 rings (SSSR count). The Morgan fingerprint density at radius 3 is 2.92 bits per heavy atom. The van der Waals surface area contributed by atoms with Crippen molar-refractivity contribution in [3.63, 3.8) is 0 Å². The first kappa shape index (κ1) is 16.6. The normalized spacial score (nSPS) is 10.8. The second-order valence-electron chi connectivity index (χ2n) is 5.61. The van der Waals surface area contributed by atoms with Crippen LogP contribution in [-0.2, 0) is 17.8 Å². The van der Waals surface area contributed by atoms with Crippen LogP contribution in [0.15, 0.2) is 27.6 Å². The molecule has 0 aliphatic heterocycles. The predicted octanol–water partition coefficient (Wildman–Crippen LogP) is 1.01. The van der Waals surface area contributed by atoms with Crippen LogP contribution in [0, 0.1) is 13.8 Å². The van der Waals surface area contributed by atoms with Crippen LogP contribution in [0.4, 0.5) is 0 Å². The zero-order valence-corrected chi connectivity index (χ0v) is 13.9. The first-order chi connectivity index (χ1) is 12.0. The van der Waals surface area contributed by atoms with Gasteiger partial charge in [-0.3, -0.25) is 14.7 Å². The second-order valence-corrected chi connectivity index (χ2v) is 5.61. The predicted molar refractivity (Wildman–Crippen MR) is 88.6 cm³/mol. The fourth-order valence-electron chi connectivity index (χ4n) is 2.48. The van der Waals surface area contributed by atoms with Crippen molar-refractivity contribution in [1.82, 2.24) is 30.6 Å². The van der Waals surface area contributed by atoms with Crippen LogP contribution in [0.25, 0.3) is 11.4 Å². The molecule has 0 saturated heterocycles. The van der Waals surface area contributed by atoms with E-state index in [4.69, 9.17) is 4.52 Å². The van der Waals surface area contributed by atoms with Crippen molar-refractivity contribution in [2.45, 2.75) is 33.2 Å². The summed E-state index contributed by atoms with van der Waals surface area (Å²) in [5.41, 5.74) is 2.94. The maximum Gasteiger partial charge on any atom is 0.259 e. The summed E-state index contributed by atoms with van der Waals surface area (Å²) in [6, 6.07) is 3.27. The summed E-state index contributed by atoms with van der Waals surface area (Å²) >= 11 is 0. The van der Waals surface area contributed by atoms with Crippen molar-refractivity contribution < 1.29 is 9.32 Å². The van der Waals surface area contributed by atoms with Crippen molar-refractivity contribution in [2.75, 3.05) is 0 Å². The van der Waals surface area contributed by atoms with Gasteiger partial charge in [0.2, 0.25) is 17.6 Å². The lowest BCUT2D eigenvalue weighted by Crippen LogP contribution is -2.23. The van der Waals surface area contributed by atoms with Gasteiger partial charge in [-0.15, -0.1) is 0 Å². The van der Waals surface area contributed by atoms with Gasteiger partial charge in [-0.2, -0.15) is 10.1 Å². The van der Waals surface area contributed by atoms with Crippen molar-refractivity contribution in [3.8, 4) is 11.4 Å². The van der Waals surface area contributed by atoms with E-state index in [1.165, 1.54) is 6.20 Å². The fourth-order valence-corrected chi connectivity index (χ4v) is 2.48. The number of carbonyl (C=O) groups excluding carboxylic acids is 1. The van der Waals surface area contributed by atoms with Gasteiger partial charge in [0, 0.05) is 18.3 Å². The number of hydrogen-bond donors (Lipinski definition) is 3. The van der Waals surface area contributed by atoms with Crippen molar-refractivity contribution in [2.24, 2.45) is 0 Å². The number of amides is 1. The number of nitrogens with zero attached hydrogens (tertiary/aromatic N) is 3. The van der Waals surface area contributed by atoms with Crippen molar-refractivity contribution in [3.05, 3.63) is 51.5 Å². The molecule has 0 atom stereocenters. The smallest absolute Gasteiger partial charge is 0.259 e. The number of hydrogen-bond acceptors (Lipinski definition) is 6. The summed E-state index contributed by atoms with van der Waals surface area (Å²) in [4.78, 5) is 30.3. The van der Waals surface area contributed by atoms with E-state index in [1.807, 2.05) is 13.8 Å². The molecule has 0 aromatic carbocycles. The Kier molecular flexibility index (Phi) is 4.73. The highest BCUT2D eigenvalue weighted by Crippen LogP contribution is 2.12. The van der Waals surface area contributed by atoms with Gasteiger partial charge in [-0.25, -0.2) is 0 Å². The summed E-state index contributed by atoms with van der Waals surface area (Å²) in [6.45, 7) is 3.94. The Morgan fingerprint density at radius 2 is 2.20 bits per heavy atom. The summed E-state index contributed by atoms with van der Waals surface area (Å²) < 4.78 is 5.07. The molecule has 1 amide bonds. The summed E-state index contributed by atoms with van der Waals surface area (Å²) in [7, 11) is 0. The Labute approximate surface area is 142 Å². The lowest BCUT2D eigenvalue weighted by atomic mass is 10.1. The highest BCUT2D eigenvalue weighted by Gasteiger charge is 2.13. The minimum Gasteiger partial charge on any atom is -0.347 e. The molecule has 3 N–H and O–H groups in total. The van der Waals surface area contributed by atoms with Gasteiger partial charge in [0.1, 0.15) is 0 Å². The third kappa shape index (κ3) is 3.82. The number of nitrogens with one attached hydrogen (secondary N) is 3. The highest BCUT2D eigenvalue weighted by molar-refractivity contribution is 5.76. The number of pyridine rings is 1. The molecule has 0 radical (unpaired) electrons. The lowest BCUT2D eigenvalue weighted by molar-refractivity contribution is -0.121. The highest BCUT2D eigenvalue weighted by atomic mass is 16.5. The zero-order valence-electron chi connectivity index (χ0n) is 13.9. The molecule has 3 heterocycles. The van der Waals surface area contributed by atoms with E-state index in [0.717, 1.165) is 17.0 Å². The topological polar surface area (TPSA) is 130 Å². The monoisotopic (exact) mass is 342 g/mol. The van der Waals surface area contributed by atoms with Gasteiger partial charge in [0.15, 0.2) is 0 Å². The number of rotatable bonds is 6. The number of carbonyl (C=O) groups is 1. The molecule has 130 valence electrons. The molecule has 25 heavy (non-hydrogen) atoms. The minimum absolute atomic E-state index is 0.111. The third-order valence-electron chi connectivity index (χ3n) is 3.85. The van der Waals surface area contributed by atoms with Gasteiger partial charge in [0.05, 0.1) is 17.8 Å². The second kappa shape index (κ2) is 7.12. The van der Waals surface area contributed by atoms with Crippen LogP contribution in [0.3, 0.4) is 0 Å². The van der Waals surface area contributed by atoms with E-state index in [2.05, 4.69) is 30.6 Å². The lowest BCUT2D eigenvalue weighted by Gasteiger charge is -2.03. The number of aryl methyl sites for hydroxylation is 2. The van der Waals surface area contributed by atoms with Gasteiger partial charge in [0.25, 0.3) is 5.56 Å². The van der Waals surface area contributed by atoms with Crippen LogP contribution < -0.4 is 10.9 Å². The molecular weight excluding hydrogens is 324 g/mol. The quantitative estimate of drug-likeness (QED) is 0.613. The first-order valence-corrected chi connectivity index (χ1v) is 7.82.